The predicted octanol–water partition coefficient (Wildman–Crippen LogP) is 6.05. The first-order valence-electron chi connectivity index (χ1n) is 7.98. The molecule has 2 aromatic carbocycles. The van der Waals surface area contributed by atoms with Crippen LogP contribution in [-0.2, 0) is 0 Å². The van der Waals surface area contributed by atoms with E-state index in [1.807, 2.05) is 12.1 Å². The van der Waals surface area contributed by atoms with Gasteiger partial charge < -0.3 is 10.8 Å². The fraction of sp³-hybridized carbons (Fsp3) is 0.316. The number of hydrogen-bond donors (Lipinski definition) is 2. The van der Waals surface area contributed by atoms with Crippen molar-refractivity contribution in [2.24, 2.45) is 10.2 Å². The Bertz CT molecular complexity index is 757. The minimum absolute atomic E-state index is 0. The Labute approximate surface area is 154 Å². The lowest BCUT2D eigenvalue weighted by Crippen LogP contribution is -2.02. The molecule has 0 aromatic heterocycles. The van der Waals surface area contributed by atoms with Gasteiger partial charge in [-0.25, -0.2) is 4.79 Å². The number of aromatic carboxylic acids is 1. The van der Waals surface area contributed by atoms with Gasteiger partial charge in [0.25, 0.3) is 0 Å². The largest absolute Gasteiger partial charge is 0.478 e. The van der Waals surface area contributed by atoms with E-state index in [0.717, 1.165) is 16.8 Å². The summed E-state index contributed by atoms with van der Waals surface area (Å²) in [5, 5.41) is 17.6. The highest BCUT2D eigenvalue weighted by Gasteiger charge is 2.14. The van der Waals surface area contributed by atoms with Crippen LogP contribution in [0.25, 0.3) is 0 Å². The monoisotopic (exact) mass is 361 g/mol. The van der Waals surface area contributed by atoms with Gasteiger partial charge in [0.15, 0.2) is 0 Å². The number of nitrogens with zero attached hydrogens (tertiary/aromatic N) is 2. The number of azo groups is 1. The summed E-state index contributed by atoms with van der Waals surface area (Å²) >= 11 is 0. The predicted molar refractivity (Wildman–Crippen MR) is 104 cm³/mol. The summed E-state index contributed by atoms with van der Waals surface area (Å²) in [7, 11) is 0. The summed E-state index contributed by atoms with van der Waals surface area (Å²) in [4.78, 5) is 11.2. The molecule has 0 unspecified atom stereocenters. The fourth-order valence-corrected chi connectivity index (χ4v) is 2.55. The van der Waals surface area contributed by atoms with Gasteiger partial charge in [-0.2, -0.15) is 5.11 Å². The maximum Gasteiger partial charge on any atom is 0.337 e. The molecule has 0 aliphatic rings. The zero-order chi connectivity index (χ0) is 17.9. The zero-order valence-electron chi connectivity index (χ0n) is 14.9. The number of nitrogens with two attached hydrogens (primary N) is 1. The Hall–Kier alpha value is -2.40. The molecule has 2 aromatic rings. The van der Waals surface area contributed by atoms with Gasteiger partial charge in [0.2, 0.25) is 0 Å². The molecule has 0 saturated heterocycles. The van der Waals surface area contributed by atoms with Crippen molar-refractivity contribution in [1.82, 2.24) is 0 Å². The summed E-state index contributed by atoms with van der Waals surface area (Å²) in [6, 6.07) is 10.4. The number of benzene rings is 2. The smallest absolute Gasteiger partial charge is 0.337 e. The maximum atomic E-state index is 11.2. The standard InChI is InChI=1S/C19H23N3O2.ClH/c1-11(2)15-9-13(10-16(12(3)4)18(15)20)21-22-17-8-6-5-7-14(17)19(23)24;/h5-12H,20H2,1-4H3,(H,23,24);1H. The SMILES string of the molecule is CC(C)c1cc(N=Nc2ccccc2C(=O)O)cc(C(C)C)c1N.Cl. The van der Waals surface area contributed by atoms with Crippen LogP contribution in [-0.4, -0.2) is 11.1 Å². The van der Waals surface area contributed by atoms with Crippen LogP contribution in [0.3, 0.4) is 0 Å². The fourth-order valence-electron chi connectivity index (χ4n) is 2.55. The van der Waals surface area contributed by atoms with Gasteiger partial charge in [0, 0.05) is 5.69 Å². The minimum atomic E-state index is -1.02. The van der Waals surface area contributed by atoms with Gasteiger partial charge in [-0.15, -0.1) is 17.5 Å². The molecule has 0 spiro atoms. The van der Waals surface area contributed by atoms with Crippen LogP contribution >= 0.6 is 12.4 Å². The van der Waals surface area contributed by atoms with Crippen LogP contribution in [0.5, 0.6) is 0 Å². The van der Waals surface area contributed by atoms with E-state index < -0.39 is 5.97 Å². The first-order valence-corrected chi connectivity index (χ1v) is 7.98. The quantitative estimate of drug-likeness (QED) is 0.501. The first kappa shape index (κ1) is 20.6. The Morgan fingerprint density at radius 1 is 1.00 bits per heavy atom. The second-order valence-corrected chi connectivity index (χ2v) is 6.37. The van der Waals surface area contributed by atoms with Crippen LogP contribution < -0.4 is 5.73 Å². The van der Waals surface area contributed by atoms with Crippen LogP contribution in [0.15, 0.2) is 46.6 Å². The van der Waals surface area contributed by atoms with E-state index in [1.165, 1.54) is 6.07 Å². The molecule has 0 atom stereocenters. The number of rotatable bonds is 5. The van der Waals surface area contributed by atoms with Gasteiger partial charge in [-0.1, -0.05) is 39.8 Å². The van der Waals surface area contributed by atoms with E-state index in [-0.39, 0.29) is 29.8 Å². The average Bonchev–Trinajstić information content (AvgIpc) is 2.53. The molecule has 0 radical (unpaired) electrons. The van der Waals surface area contributed by atoms with Crippen molar-refractivity contribution in [1.29, 1.82) is 0 Å². The summed E-state index contributed by atoms with van der Waals surface area (Å²) in [5.74, 6) is -0.486. The lowest BCUT2D eigenvalue weighted by Gasteiger charge is -2.17. The van der Waals surface area contributed by atoms with Crippen LogP contribution in [0, 0.1) is 0 Å². The van der Waals surface area contributed by atoms with E-state index in [0.29, 0.717) is 11.4 Å². The topological polar surface area (TPSA) is 88.0 Å². The van der Waals surface area contributed by atoms with Crippen molar-refractivity contribution in [3.05, 3.63) is 53.1 Å². The average molecular weight is 362 g/mol. The zero-order valence-corrected chi connectivity index (χ0v) is 15.7. The third kappa shape index (κ3) is 4.79. The van der Waals surface area contributed by atoms with E-state index in [1.54, 1.807) is 18.2 Å². The number of anilines is 1. The van der Waals surface area contributed by atoms with Crippen LogP contribution in [0.1, 0.15) is 61.0 Å². The second-order valence-electron chi connectivity index (χ2n) is 6.37. The Balaban J connectivity index is 0.00000312. The van der Waals surface area contributed by atoms with E-state index in [2.05, 4.69) is 37.9 Å². The Kier molecular flexibility index (Phi) is 7.12. The molecule has 2 rings (SSSR count). The second kappa shape index (κ2) is 8.62. The molecule has 0 saturated carbocycles. The third-order valence-electron chi connectivity index (χ3n) is 3.88. The molecule has 0 heterocycles. The molecule has 134 valence electrons. The molecule has 6 heteroatoms. The molecule has 0 fully saturated rings. The Morgan fingerprint density at radius 3 is 2.00 bits per heavy atom. The Morgan fingerprint density at radius 2 is 1.52 bits per heavy atom. The summed E-state index contributed by atoms with van der Waals surface area (Å²) < 4.78 is 0. The van der Waals surface area contributed by atoms with Gasteiger partial charge >= 0.3 is 5.97 Å². The summed E-state index contributed by atoms with van der Waals surface area (Å²) in [5.41, 5.74) is 10.3. The van der Waals surface area contributed by atoms with Crippen molar-refractivity contribution in [3.8, 4) is 0 Å². The molecule has 0 bridgehead atoms. The van der Waals surface area contributed by atoms with Crippen molar-refractivity contribution in [3.63, 3.8) is 0 Å². The van der Waals surface area contributed by atoms with Gasteiger partial charge in [-0.05, 0) is 47.2 Å². The van der Waals surface area contributed by atoms with E-state index in [9.17, 15) is 9.90 Å². The van der Waals surface area contributed by atoms with Crippen LogP contribution in [0.4, 0.5) is 17.1 Å². The van der Waals surface area contributed by atoms with Crippen molar-refractivity contribution in [2.45, 2.75) is 39.5 Å². The molecular formula is C19H24ClN3O2. The molecular weight excluding hydrogens is 338 g/mol. The maximum absolute atomic E-state index is 11.2. The number of carbonyl (C=O) groups is 1. The highest BCUT2D eigenvalue weighted by Crippen LogP contribution is 2.35. The molecule has 3 N–H and O–H groups in total. The minimum Gasteiger partial charge on any atom is -0.478 e. The van der Waals surface area contributed by atoms with Gasteiger partial charge in [-0.3, -0.25) is 0 Å². The van der Waals surface area contributed by atoms with Crippen LogP contribution in [0.2, 0.25) is 0 Å². The molecule has 0 aliphatic carbocycles. The highest BCUT2D eigenvalue weighted by molar-refractivity contribution is 5.93. The number of carboxylic acid groups (broad SMARTS) is 1. The number of halogens is 1. The number of carboxylic acids is 1. The van der Waals surface area contributed by atoms with Crippen molar-refractivity contribution >= 4 is 35.4 Å². The number of hydrogen-bond acceptors (Lipinski definition) is 4. The van der Waals surface area contributed by atoms with Gasteiger partial charge in [0.1, 0.15) is 5.69 Å². The lowest BCUT2D eigenvalue weighted by molar-refractivity contribution is 0.0697. The lowest BCUT2D eigenvalue weighted by atomic mass is 9.92. The highest BCUT2D eigenvalue weighted by atomic mass is 35.5. The normalized spacial score (nSPS) is 11.1. The number of nitrogen functional groups attached to an aromatic ring is 1. The molecule has 5 nitrogen and oxygen atoms in total. The third-order valence-corrected chi connectivity index (χ3v) is 3.88. The van der Waals surface area contributed by atoms with Crippen molar-refractivity contribution in [2.75, 3.05) is 5.73 Å². The van der Waals surface area contributed by atoms with Crippen molar-refractivity contribution < 1.29 is 9.90 Å². The molecule has 0 amide bonds. The summed E-state index contributed by atoms with van der Waals surface area (Å²) in [6.07, 6.45) is 0. The first-order chi connectivity index (χ1) is 11.3. The molecule has 0 aliphatic heterocycles. The van der Waals surface area contributed by atoms with E-state index >= 15 is 0 Å². The summed E-state index contributed by atoms with van der Waals surface area (Å²) in [6.45, 7) is 8.32. The molecule has 25 heavy (non-hydrogen) atoms. The van der Waals surface area contributed by atoms with E-state index in [4.69, 9.17) is 5.73 Å². The van der Waals surface area contributed by atoms with Gasteiger partial charge in [0.05, 0.1) is 11.3 Å².